The van der Waals surface area contributed by atoms with Gasteiger partial charge in [0.25, 0.3) is 0 Å². The molecule has 5 nitrogen and oxygen atoms in total. The predicted octanol–water partition coefficient (Wildman–Crippen LogP) is 5.37. The number of hydrogen-bond acceptors (Lipinski definition) is 5. The molecule has 1 saturated heterocycles. The van der Waals surface area contributed by atoms with Crippen LogP contribution in [0.15, 0.2) is 49.3 Å². The van der Waals surface area contributed by atoms with Crippen molar-refractivity contribution >= 4 is 27.9 Å². The predicted molar refractivity (Wildman–Crippen MR) is 120 cm³/mol. The van der Waals surface area contributed by atoms with E-state index < -0.39 is 0 Å². The summed E-state index contributed by atoms with van der Waals surface area (Å²) in [6.45, 7) is 10.9. The van der Waals surface area contributed by atoms with Crippen molar-refractivity contribution in [1.82, 2.24) is 25.1 Å². The van der Waals surface area contributed by atoms with Crippen molar-refractivity contribution in [1.29, 1.82) is 0 Å². The Balaban J connectivity index is 1.65. The van der Waals surface area contributed by atoms with Crippen LogP contribution in [0, 0.1) is 12.8 Å². The maximum absolute atomic E-state index is 5.06. The SMILES string of the molecule is C=C(c1nc(-c2[nH]nc3c(C)cccc23)sc1-c1cccnc1)N1CCC(C)C1. The summed E-state index contributed by atoms with van der Waals surface area (Å²) in [5.74, 6) is 0.686. The van der Waals surface area contributed by atoms with Gasteiger partial charge in [-0.25, -0.2) is 4.98 Å². The Morgan fingerprint density at radius 3 is 2.93 bits per heavy atom. The van der Waals surface area contributed by atoms with E-state index in [1.807, 2.05) is 12.3 Å². The molecular formula is C23H23N5S. The topological polar surface area (TPSA) is 57.7 Å². The molecule has 1 aliphatic heterocycles. The van der Waals surface area contributed by atoms with Crippen LogP contribution in [0.25, 0.3) is 37.7 Å². The second-order valence-electron chi connectivity index (χ2n) is 7.79. The highest BCUT2D eigenvalue weighted by Gasteiger charge is 2.26. The van der Waals surface area contributed by atoms with E-state index >= 15 is 0 Å². The fourth-order valence-corrected chi connectivity index (χ4v) is 5.08. The lowest BCUT2D eigenvalue weighted by Crippen LogP contribution is -2.18. The summed E-state index contributed by atoms with van der Waals surface area (Å²) in [5, 5.41) is 9.78. The Kier molecular flexibility index (Phi) is 4.43. The van der Waals surface area contributed by atoms with Crippen molar-refractivity contribution in [3.05, 3.63) is 60.6 Å². The molecule has 0 saturated carbocycles. The number of benzene rings is 1. The summed E-state index contributed by atoms with van der Waals surface area (Å²) >= 11 is 1.67. The number of aryl methyl sites for hydroxylation is 1. The number of H-pyrrole nitrogens is 1. The zero-order valence-electron chi connectivity index (χ0n) is 16.6. The van der Waals surface area contributed by atoms with Crippen LogP contribution in [0.3, 0.4) is 0 Å². The van der Waals surface area contributed by atoms with E-state index in [2.05, 4.69) is 64.8 Å². The van der Waals surface area contributed by atoms with E-state index in [4.69, 9.17) is 4.98 Å². The molecule has 1 unspecified atom stereocenters. The van der Waals surface area contributed by atoms with Gasteiger partial charge in [0, 0.05) is 36.4 Å². The molecule has 4 aromatic rings. The van der Waals surface area contributed by atoms with Crippen LogP contribution in [0.4, 0.5) is 0 Å². The number of fused-ring (bicyclic) bond motifs is 1. The van der Waals surface area contributed by atoms with Crippen LogP contribution in [-0.2, 0) is 0 Å². The fraction of sp³-hybridized carbons (Fsp3) is 0.261. The number of hydrogen-bond donors (Lipinski definition) is 1. The highest BCUT2D eigenvalue weighted by Crippen LogP contribution is 2.41. The molecule has 0 aliphatic carbocycles. The second-order valence-corrected chi connectivity index (χ2v) is 8.79. The number of likely N-dealkylation sites (tertiary alicyclic amines) is 1. The monoisotopic (exact) mass is 401 g/mol. The minimum absolute atomic E-state index is 0.686. The van der Waals surface area contributed by atoms with Gasteiger partial charge in [0.05, 0.1) is 16.1 Å². The standard InChI is InChI=1S/C23H23N5S/c1-14-9-11-28(13-14)16(3)20-22(17-7-5-10-24-12-17)29-23(25-20)21-18-8-4-6-15(2)19(18)26-27-21/h4-8,10,12,14H,3,9,11,13H2,1-2H3,(H,26,27). The number of nitrogens with one attached hydrogen (secondary N) is 1. The molecule has 1 fully saturated rings. The van der Waals surface area contributed by atoms with Crippen LogP contribution >= 0.6 is 11.3 Å². The highest BCUT2D eigenvalue weighted by molar-refractivity contribution is 7.18. The second kappa shape index (κ2) is 7.12. The number of aromatic amines is 1. The van der Waals surface area contributed by atoms with Crippen molar-refractivity contribution in [2.45, 2.75) is 20.3 Å². The molecule has 4 heterocycles. The molecule has 1 aliphatic rings. The highest BCUT2D eigenvalue weighted by atomic mass is 32.1. The Morgan fingerprint density at radius 2 is 2.17 bits per heavy atom. The van der Waals surface area contributed by atoms with Gasteiger partial charge in [-0.05, 0) is 30.9 Å². The van der Waals surface area contributed by atoms with E-state index in [0.29, 0.717) is 5.92 Å². The van der Waals surface area contributed by atoms with Gasteiger partial charge in [0.1, 0.15) is 16.4 Å². The van der Waals surface area contributed by atoms with Crippen LogP contribution in [0.2, 0.25) is 0 Å². The third kappa shape index (κ3) is 3.13. The number of thiazole rings is 1. The summed E-state index contributed by atoms with van der Waals surface area (Å²) in [7, 11) is 0. The molecule has 5 rings (SSSR count). The van der Waals surface area contributed by atoms with Crippen molar-refractivity contribution in [2.75, 3.05) is 13.1 Å². The Hall–Kier alpha value is -2.99. The van der Waals surface area contributed by atoms with Gasteiger partial charge in [-0.3, -0.25) is 10.1 Å². The first-order chi connectivity index (χ1) is 14.1. The summed E-state index contributed by atoms with van der Waals surface area (Å²) in [6.07, 6.45) is 4.89. The van der Waals surface area contributed by atoms with E-state index in [1.54, 1.807) is 17.5 Å². The van der Waals surface area contributed by atoms with Gasteiger partial charge < -0.3 is 4.90 Å². The van der Waals surface area contributed by atoms with Gasteiger partial charge >= 0.3 is 0 Å². The van der Waals surface area contributed by atoms with Gasteiger partial charge in [-0.1, -0.05) is 37.8 Å². The lowest BCUT2D eigenvalue weighted by atomic mass is 10.1. The van der Waals surface area contributed by atoms with E-state index in [1.165, 1.54) is 6.42 Å². The first kappa shape index (κ1) is 18.1. The first-order valence-electron chi connectivity index (χ1n) is 9.91. The number of aromatic nitrogens is 4. The Labute approximate surface area is 174 Å². The molecule has 0 amide bonds. The fourth-order valence-electron chi connectivity index (χ4n) is 3.99. The van der Waals surface area contributed by atoms with Crippen LogP contribution in [-0.4, -0.2) is 38.2 Å². The number of rotatable bonds is 4. The Morgan fingerprint density at radius 1 is 1.28 bits per heavy atom. The van der Waals surface area contributed by atoms with Crippen LogP contribution in [0.5, 0.6) is 0 Å². The first-order valence-corrected chi connectivity index (χ1v) is 10.7. The molecule has 0 spiro atoms. The van der Waals surface area contributed by atoms with E-state index in [9.17, 15) is 0 Å². The molecule has 0 radical (unpaired) electrons. The molecular weight excluding hydrogens is 378 g/mol. The molecule has 1 N–H and O–H groups in total. The third-order valence-corrected chi connectivity index (χ3v) is 6.75. The number of pyridine rings is 1. The lowest BCUT2D eigenvalue weighted by Gasteiger charge is -2.20. The molecule has 6 heteroatoms. The molecule has 1 aromatic carbocycles. The van der Waals surface area contributed by atoms with Crippen LogP contribution < -0.4 is 0 Å². The average Bonchev–Trinajstić information content (AvgIpc) is 3.46. The van der Waals surface area contributed by atoms with Crippen LogP contribution in [0.1, 0.15) is 24.6 Å². The molecule has 0 bridgehead atoms. The maximum atomic E-state index is 5.06. The van der Waals surface area contributed by atoms with Crippen molar-refractivity contribution in [3.8, 4) is 21.1 Å². The lowest BCUT2D eigenvalue weighted by molar-refractivity contribution is 0.471. The van der Waals surface area contributed by atoms with Crippen molar-refractivity contribution in [3.63, 3.8) is 0 Å². The van der Waals surface area contributed by atoms with Crippen molar-refractivity contribution < 1.29 is 0 Å². The maximum Gasteiger partial charge on any atom is 0.143 e. The number of nitrogens with zero attached hydrogens (tertiary/aromatic N) is 4. The van der Waals surface area contributed by atoms with Gasteiger partial charge in [-0.2, -0.15) is 5.10 Å². The largest absolute Gasteiger partial charge is 0.370 e. The number of para-hydroxylation sites is 1. The minimum atomic E-state index is 0.686. The van der Waals surface area contributed by atoms with Crippen molar-refractivity contribution in [2.24, 2.45) is 5.92 Å². The van der Waals surface area contributed by atoms with Gasteiger partial charge in [0.2, 0.25) is 0 Å². The molecule has 29 heavy (non-hydrogen) atoms. The molecule has 146 valence electrons. The average molecular weight is 402 g/mol. The summed E-state index contributed by atoms with van der Waals surface area (Å²) in [5.41, 5.74) is 6.13. The zero-order chi connectivity index (χ0) is 20.0. The normalized spacial score (nSPS) is 16.6. The third-order valence-electron chi connectivity index (χ3n) is 5.63. The van der Waals surface area contributed by atoms with Gasteiger partial charge in [-0.15, -0.1) is 11.3 Å². The summed E-state index contributed by atoms with van der Waals surface area (Å²) in [4.78, 5) is 12.8. The van der Waals surface area contributed by atoms with Gasteiger partial charge in [0.15, 0.2) is 0 Å². The quantitative estimate of drug-likeness (QED) is 0.499. The van der Waals surface area contributed by atoms with E-state index in [-0.39, 0.29) is 0 Å². The summed E-state index contributed by atoms with van der Waals surface area (Å²) in [6, 6.07) is 10.3. The Bertz CT molecular complexity index is 1190. The zero-order valence-corrected chi connectivity index (χ0v) is 17.5. The molecule has 1 atom stereocenters. The smallest absolute Gasteiger partial charge is 0.143 e. The van der Waals surface area contributed by atoms with E-state index in [0.717, 1.165) is 62.1 Å². The molecule has 3 aromatic heterocycles. The minimum Gasteiger partial charge on any atom is -0.370 e. The summed E-state index contributed by atoms with van der Waals surface area (Å²) < 4.78 is 0.